The Bertz CT molecular complexity index is 436. The molecule has 0 bridgehead atoms. The van der Waals surface area contributed by atoms with Gasteiger partial charge in [-0.2, -0.15) is 0 Å². The van der Waals surface area contributed by atoms with Crippen LogP contribution in [0.5, 0.6) is 0 Å². The lowest BCUT2D eigenvalue weighted by molar-refractivity contribution is 0.0697. The van der Waals surface area contributed by atoms with Crippen LogP contribution in [0.2, 0.25) is 0 Å². The van der Waals surface area contributed by atoms with Gasteiger partial charge in [-0.25, -0.2) is 4.79 Å². The molecule has 0 aliphatic heterocycles. The van der Waals surface area contributed by atoms with E-state index in [-0.39, 0.29) is 0 Å². The largest absolute Gasteiger partial charge is 0.478 e. The Kier molecular flexibility index (Phi) is 3.08. The van der Waals surface area contributed by atoms with Crippen LogP contribution in [-0.4, -0.2) is 17.1 Å². The highest BCUT2D eigenvalue weighted by Gasteiger charge is 2.44. The fraction of sp³-hybridized carbons (Fsp3) is 0.533. The first kappa shape index (κ1) is 11.7. The van der Waals surface area contributed by atoms with Crippen LogP contribution in [0, 0.1) is 11.8 Å². The molecule has 2 atom stereocenters. The molecule has 2 aliphatic rings. The van der Waals surface area contributed by atoms with E-state index in [1.165, 1.54) is 31.2 Å². The highest BCUT2D eigenvalue weighted by molar-refractivity contribution is 5.87. The van der Waals surface area contributed by atoms with Crippen LogP contribution in [0.1, 0.15) is 41.6 Å². The minimum Gasteiger partial charge on any atom is -0.478 e. The first-order chi connectivity index (χ1) is 8.74. The maximum atomic E-state index is 10.7. The van der Waals surface area contributed by atoms with Crippen LogP contribution < -0.4 is 5.32 Å². The normalized spacial score (nSPS) is 26.7. The molecule has 2 saturated carbocycles. The van der Waals surface area contributed by atoms with E-state index in [0.29, 0.717) is 11.6 Å². The molecule has 0 amide bonds. The molecule has 0 aromatic heterocycles. The third-order valence-electron chi connectivity index (χ3n) is 4.36. The molecule has 1 aromatic carbocycles. The van der Waals surface area contributed by atoms with Crippen LogP contribution in [-0.2, 0) is 6.54 Å². The number of carboxylic acids is 1. The fourth-order valence-electron chi connectivity index (χ4n) is 2.85. The molecule has 2 aliphatic carbocycles. The zero-order valence-corrected chi connectivity index (χ0v) is 10.4. The maximum Gasteiger partial charge on any atom is 0.335 e. The molecular weight excluding hydrogens is 226 g/mol. The Morgan fingerprint density at radius 1 is 1.28 bits per heavy atom. The number of carbonyl (C=O) groups is 1. The van der Waals surface area contributed by atoms with Gasteiger partial charge in [0.1, 0.15) is 0 Å². The van der Waals surface area contributed by atoms with E-state index < -0.39 is 5.97 Å². The van der Waals surface area contributed by atoms with Gasteiger partial charge in [0, 0.05) is 12.6 Å². The molecule has 3 rings (SSSR count). The Morgan fingerprint density at radius 3 is 2.56 bits per heavy atom. The van der Waals surface area contributed by atoms with Crippen molar-refractivity contribution in [2.45, 2.75) is 38.3 Å². The first-order valence-electron chi connectivity index (χ1n) is 6.79. The number of hydrogen-bond donors (Lipinski definition) is 2. The Morgan fingerprint density at radius 2 is 2.00 bits per heavy atom. The van der Waals surface area contributed by atoms with Crippen LogP contribution >= 0.6 is 0 Å². The zero-order valence-electron chi connectivity index (χ0n) is 10.4. The van der Waals surface area contributed by atoms with Gasteiger partial charge >= 0.3 is 5.97 Å². The summed E-state index contributed by atoms with van der Waals surface area (Å²) >= 11 is 0. The van der Waals surface area contributed by atoms with Crippen molar-refractivity contribution in [3.63, 3.8) is 0 Å². The number of hydrogen-bond acceptors (Lipinski definition) is 2. The second-order valence-electron chi connectivity index (χ2n) is 5.58. The van der Waals surface area contributed by atoms with Crippen LogP contribution in [0.25, 0.3) is 0 Å². The Labute approximate surface area is 107 Å². The summed E-state index contributed by atoms with van der Waals surface area (Å²) in [6.07, 6.45) is 5.61. The third kappa shape index (κ3) is 2.41. The molecule has 18 heavy (non-hydrogen) atoms. The number of benzene rings is 1. The van der Waals surface area contributed by atoms with E-state index in [2.05, 4.69) is 5.32 Å². The fourth-order valence-corrected chi connectivity index (χ4v) is 2.85. The monoisotopic (exact) mass is 245 g/mol. The van der Waals surface area contributed by atoms with Crippen molar-refractivity contribution in [2.24, 2.45) is 11.8 Å². The first-order valence-corrected chi connectivity index (χ1v) is 6.79. The second-order valence-corrected chi connectivity index (χ2v) is 5.58. The summed E-state index contributed by atoms with van der Waals surface area (Å²) in [6.45, 7) is 0.855. The van der Waals surface area contributed by atoms with Crippen LogP contribution in [0.4, 0.5) is 0 Å². The van der Waals surface area contributed by atoms with Gasteiger partial charge in [0.2, 0.25) is 0 Å². The molecule has 1 aromatic rings. The number of nitrogens with one attached hydrogen (secondary N) is 1. The van der Waals surface area contributed by atoms with E-state index >= 15 is 0 Å². The molecule has 0 unspecified atom stereocenters. The van der Waals surface area contributed by atoms with Crippen molar-refractivity contribution in [1.82, 2.24) is 5.32 Å². The lowest BCUT2D eigenvalue weighted by Gasteiger charge is -2.25. The van der Waals surface area contributed by atoms with E-state index in [4.69, 9.17) is 5.11 Å². The Hall–Kier alpha value is -1.35. The van der Waals surface area contributed by atoms with Gasteiger partial charge in [0.05, 0.1) is 5.56 Å². The van der Waals surface area contributed by atoms with Crippen molar-refractivity contribution in [1.29, 1.82) is 0 Å². The molecular formula is C15H19NO2. The quantitative estimate of drug-likeness (QED) is 0.838. The van der Waals surface area contributed by atoms with Crippen molar-refractivity contribution in [2.75, 3.05) is 0 Å². The van der Waals surface area contributed by atoms with Crippen molar-refractivity contribution < 1.29 is 9.90 Å². The zero-order chi connectivity index (χ0) is 12.5. The smallest absolute Gasteiger partial charge is 0.335 e. The van der Waals surface area contributed by atoms with Crippen LogP contribution in [0.3, 0.4) is 0 Å². The van der Waals surface area contributed by atoms with Gasteiger partial charge in [0.15, 0.2) is 0 Å². The van der Waals surface area contributed by atoms with Gasteiger partial charge in [-0.1, -0.05) is 31.4 Å². The Balaban J connectivity index is 1.47. The topological polar surface area (TPSA) is 49.3 Å². The van der Waals surface area contributed by atoms with Crippen molar-refractivity contribution in [3.8, 4) is 0 Å². The molecule has 3 nitrogen and oxygen atoms in total. The molecule has 0 saturated heterocycles. The number of rotatable bonds is 5. The average molecular weight is 245 g/mol. The van der Waals surface area contributed by atoms with Gasteiger partial charge in [-0.15, -0.1) is 0 Å². The highest BCUT2D eigenvalue weighted by Crippen LogP contribution is 2.47. The maximum absolute atomic E-state index is 10.7. The van der Waals surface area contributed by atoms with Crippen molar-refractivity contribution >= 4 is 5.97 Å². The van der Waals surface area contributed by atoms with Crippen LogP contribution in [0.15, 0.2) is 24.3 Å². The average Bonchev–Trinajstić information content (AvgIpc) is 3.04. The van der Waals surface area contributed by atoms with E-state index in [0.717, 1.165) is 18.4 Å². The number of carboxylic acid groups (broad SMARTS) is 1. The summed E-state index contributed by atoms with van der Waals surface area (Å²) < 4.78 is 0. The minimum atomic E-state index is -0.859. The summed E-state index contributed by atoms with van der Waals surface area (Å²) in [6, 6.07) is 7.86. The van der Waals surface area contributed by atoms with Gasteiger partial charge in [-0.3, -0.25) is 0 Å². The summed E-state index contributed by atoms with van der Waals surface area (Å²) in [5, 5.41) is 12.4. The SMILES string of the molecule is O=C(O)c1ccc(CN[C@@H]2C[C@H]2C2CCC2)cc1. The van der Waals surface area contributed by atoms with E-state index in [1.54, 1.807) is 12.1 Å². The molecule has 96 valence electrons. The molecule has 2 fully saturated rings. The van der Waals surface area contributed by atoms with Gasteiger partial charge < -0.3 is 10.4 Å². The number of aromatic carboxylic acids is 1. The van der Waals surface area contributed by atoms with E-state index in [1.807, 2.05) is 12.1 Å². The predicted molar refractivity (Wildman–Crippen MR) is 69.5 cm³/mol. The second kappa shape index (κ2) is 4.73. The summed E-state index contributed by atoms with van der Waals surface area (Å²) in [5.41, 5.74) is 1.52. The molecule has 0 spiro atoms. The summed E-state index contributed by atoms with van der Waals surface area (Å²) in [7, 11) is 0. The lowest BCUT2D eigenvalue weighted by Crippen LogP contribution is -2.23. The molecule has 2 N–H and O–H groups in total. The minimum absolute atomic E-state index is 0.359. The van der Waals surface area contributed by atoms with Crippen molar-refractivity contribution in [3.05, 3.63) is 35.4 Å². The lowest BCUT2D eigenvalue weighted by atomic mass is 9.81. The van der Waals surface area contributed by atoms with E-state index in [9.17, 15) is 4.79 Å². The third-order valence-corrected chi connectivity index (χ3v) is 4.36. The standard InChI is InChI=1S/C15H19NO2/c17-15(18)12-6-4-10(5-7-12)9-16-14-8-13(14)11-2-1-3-11/h4-7,11,13-14,16H,1-3,8-9H2,(H,17,18)/t13-,14+/m0/s1. The predicted octanol–water partition coefficient (Wildman–Crippen LogP) is 2.66. The summed E-state index contributed by atoms with van der Waals surface area (Å²) in [5.74, 6) is 1.04. The van der Waals surface area contributed by atoms with Gasteiger partial charge in [-0.05, 0) is 36.0 Å². The highest BCUT2D eigenvalue weighted by atomic mass is 16.4. The van der Waals surface area contributed by atoms with Gasteiger partial charge in [0.25, 0.3) is 0 Å². The molecule has 0 radical (unpaired) electrons. The molecule has 3 heteroatoms. The summed E-state index contributed by atoms with van der Waals surface area (Å²) in [4.78, 5) is 10.7. The molecule has 0 heterocycles.